The van der Waals surface area contributed by atoms with E-state index in [2.05, 4.69) is 47.2 Å². The van der Waals surface area contributed by atoms with Crippen LogP contribution in [0, 0.1) is 0 Å². The lowest BCUT2D eigenvalue weighted by molar-refractivity contribution is 0.841. The number of benzene rings is 1. The first-order valence-corrected chi connectivity index (χ1v) is 8.62. The minimum absolute atomic E-state index is 0.632. The third-order valence-electron chi connectivity index (χ3n) is 4.04. The number of nitrogens with zero attached hydrogens (tertiary/aromatic N) is 4. The van der Waals surface area contributed by atoms with E-state index < -0.39 is 0 Å². The van der Waals surface area contributed by atoms with Crippen molar-refractivity contribution in [2.45, 2.75) is 20.4 Å². The molecule has 3 aromatic rings. The first-order valence-electron chi connectivity index (χ1n) is 8.62. The van der Waals surface area contributed by atoms with Crippen LogP contribution in [0.4, 0.5) is 11.8 Å². The lowest BCUT2D eigenvalue weighted by Gasteiger charge is -2.21. The highest BCUT2D eigenvalue weighted by atomic mass is 15.2. The standard InChI is InChI=1S/C20H23N5/c1-3-25(4-2)19-13-18(17-10-6-5-7-11-17)23-20(24-19)22-15-16-9-8-12-21-14-16/h5-14H,3-4,15H2,1-2H3,(H,22,23,24). The van der Waals surface area contributed by atoms with Crippen molar-refractivity contribution in [1.29, 1.82) is 0 Å². The largest absolute Gasteiger partial charge is 0.357 e. The molecule has 0 bridgehead atoms. The second kappa shape index (κ2) is 8.24. The predicted molar refractivity (Wildman–Crippen MR) is 103 cm³/mol. The molecule has 0 spiro atoms. The molecule has 2 heterocycles. The number of nitrogens with one attached hydrogen (secondary N) is 1. The van der Waals surface area contributed by atoms with Crippen molar-refractivity contribution >= 4 is 11.8 Å². The van der Waals surface area contributed by atoms with E-state index in [4.69, 9.17) is 9.97 Å². The van der Waals surface area contributed by atoms with Crippen molar-refractivity contribution in [2.75, 3.05) is 23.3 Å². The van der Waals surface area contributed by atoms with Gasteiger partial charge < -0.3 is 10.2 Å². The summed E-state index contributed by atoms with van der Waals surface area (Å²) in [6, 6.07) is 16.2. The summed E-state index contributed by atoms with van der Waals surface area (Å²) in [6.07, 6.45) is 3.62. The van der Waals surface area contributed by atoms with Crippen molar-refractivity contribution in [1.82, 2.24) is 15.0 Å². The van der Waals surface area contributed by atoms with Gasteiger partial charge in [0.2, 0.25) is 5.95 Å². The van der Waals surface area contributed by atoms with Crippen molar-refractivity contribution in [3.8, 4) is 11.3 Å². The number of hydrogen-bond acceptors (Lipinski definition) is 5. The van der Waals surface area contributed by atoms with Crippen LogP contribution in [0.15, 0.2) is 60.9 Å². The molecule has 0 atom stereocenters. The van der Waals surface area contributed by atoms with Gasteiger partial charge in [0.25, 0.3) is 0 Å². The summed E-state index contributed by atoms with van der Waals surface area (Å²) in [5.74, 6) is 1.57. The zero-order valence-corrected chi connectivity index (χ0v) is 14.7. The van der Waals surface area contributed by atoms with Crippen molar-refractivity contribution in [3.05, 3.63) is 66.5 Å². The molecule has 5 heteroatoms. The summed E-state index contributed by atoms with van der Waals surface area (Å²) in [5, 5.41) is 3.33. The first-order chi connectivity index (χ1) is 12.3. The summed E-state index contributed by atoms with van der Waals surface area (Å²) in [5.41, 5.74) is 3.11. The van der Waals surface area contributed by atoms with E-state index in [9.17, 15) is 0 Å². The van der Waals surface area contributed by atoms with E-state index in [1.807, 2.05) is 36.5 Å². The maximum atomic E-state index is 4.70. The van der Waals surface area contributed by atoms with Gasteiger partial charge in [0.05, 0.1) is 5.69 Å². The Bertz CT molecular complexity index is 786. The highest BCUT2D eigenvalue weighted by molar-refractivity contribution is 5.64. The fraction of sp³-hybridized carbons (Fsp3) is 0.250. The Morgan fingerprint density at radius 3 is 2.44 bits per heavy atom. The average Bonchev–Trinajstić information content (AvgIpc) is 2.69. The van der Waals surface area contributed by atoms with Gasteiger partial charge in [-0.05, 0) is 25.5 Å². The van der Waals surface area contributed by atoms with Gasteiger partial charge >= 0.3 is 0 Å². The number of pyridine rings is 1. The molecule has 0 fully saturated rings. The Hall–Kier alpha value is -2.95. The quantitative estimate of drug-likeness (QED) is 0.708. The van der Waals surface area contributed by atoms with Crippen molar-refractivity contribution < 1.29 is 0 Å². The molecule has 2 aromatic heterocycles. The molecule has 1 aromatic carbocycles. The monoisotopic (exact) mass is 333 g/mol. The number of anilines is 2. The van der Waals surface area contributed by atoms with Crippen LogP contribution in [0.2, 0.25) is 0 Å². The Balaban J connectivity index is 1.92. The fourth-order valence-electron chi connectivity index (χ4n) is 2.66. The molecule has 0 unspecified atom stereocenters. The van der Waals surface area contributed by atoms with Gasteiger partial charge in [0, 0.05) is 43.7 Å². The number of hydrogen-bond donors (Lipinski definition) is 1. The highest BCUT2D eigenvalue weighted by Gasteiger charge is 2.10. The summed E-state index contributed by atoms with van der Waals surface area (Å²) < 4.78 is 0. The van der Waals surface area contributed by atoms with Gasteiger partial charge in [-0.3, -0.25) is 4.98 Å². The van der Waals surface area contributed by atoms with E-state index in [1.165, 1.54) is 0 Å². The van der Waals surface area contributed by atoms with Crippen LogP contribution >= 0.6 is 0 Å². The molecule has 0 radical (unpaired) electrons. The number of rotatable bonds is 7. The zero-order chi connectivity index (χ0) is 17.5. The van der Waals surface area contributed by atoms with Crippen LogP contribution in [0.5, 0.6) is 0 Å². The van der Waals surface area contributed by atoms with Gasteiger partial charge in [-0.1, -0.05) is 36.4 Å². The van der Waals surface area contributed by atoms with Gasteiger partial charge in [0.15, 0.2) is 0 Å². The molecule has 5 nitrogen and oxygen atoms in total. The molecule has 25 heavy (non-hydrogen) atoms. The third-order valence-corrected chi connectivity index (χ3v) is 4.04. The van der Waals surface area contributed by atoms with Gasteiger partial charge in [0.1, 0.15) is 5.82 Å². The SMILES string of the molecule is CCN(CC)c1cc(-c2ccccc2)nc(NCc2cccnc2)n1. The van der Waals surface area contributed by atoms with E-state index in [0.717, 1.165) is 35.7 Å². The Morgan fingerprint density at radius 1 is 0.960 bits per heavy atom. The van der Waals surface area contributed by atoms with Crippen LogP contribution in [-0.4, -0.2) is 28.0 Å². The first kappa shape index (κ1) is 16.9. The Labute approximate surface area is 148 Å². The molecule has 0 aliphatic carbocycles. The van der Waals surface area contributed by atoms with Gasteiger partial charge in [-0.25, -0.2) is 4.98 Å². The number of aromatic nitrogens is 3. The van der Waals surface area contributed by atoms with Gasteiger partial charge in [-0.15, -0.1) is 0 Å². The molecule has 3 rings (SSSR count). The van der Waals surface area contributed by atoms with Crippen LogP contribution in [0.1, 0.15) is 19.4 Å². The molecule has 0 saturated carbocycles. The summed E-state index contributed by atoms with van der Waals surface area (Å²) in [6.45, 7) is 6.73. The molecule has 128 valence electrons. The predicted octanol–water partition coefficient (Wildman–Crippen LogP) is 4.00. The minimum atomic E-state index is 0.632. The zero-order valence-electron chi connectivity index (χ0n) is 14.7. The fourth-order valence-corrected chi connectivity index (χ4v) is 2.66. The van der Waals surface area contributed by atoms with Crippen LogP contribution in [0.25, 0.3) is 11.3 Å². The Kier molecular flexibility index (Phi) is 5.57. The molecule has 0 aliphatic heterocycles. The second-order valence-electron chi connectivity index (χ2n) is 5.69. The van der Waals surface area contributed by atoms with Crippen LogP contribution in [-0.2, 0) is 6.54 Å². The van der Waals surface area contributed by atoms with Crippen molar-refractivity contribution in [3.63, 3.8) is 0 Å². The lowest BCUT2D eigenvalue weighted by atomic mass is 10.1. The van der Waals surface area contributed by atoms with E-state index in [1.54, 1.807) is 6.20 Å². The molecule has 1 N–H and O–H groups in total. The van der Waals surface area contributed by atoms with Crippen LogP contribution < -0.4 is 10.2 Å². The topological polar surface area (TPSA) is 53.9 Å². The second-order valence-corrected chi connectivity index (χ2v) is 5.69. The Morgan fingerprint density at radius 2 is 1.76 bits per heavy atom. The molecule has 0 amide bonds. The summed E-state index contributed by atoms with van der Waals surface area (Å²) >= 11 is 0. The smallest absolute Gasteiger partial charge is 0.225 e. The van der Waals surface area contributed by atoms with E-state index in [0.29, 0.717) is 12.5 Å². The van der Waals surface area contributed by atoms with E-state index >= 15 is 0 Å². The van der Waals surface area contributed by atoms with Crippen LogP contribution in [0.3, 0.4) is 0 Å². The summed E-state index contributed by atoms with van der Waals surface area (Å²) in [7, 11) is 0. The van der Waals surface area contributed by atoms with Gasteiger partial charge in [-0.2, -0.15) is 4.98 Å². The van der Waals surface area contributed by atoms with Crippen molar-refractivity contribution in [2.24, 2.45) is 0 Å². The molecule has 0 saturated heterocycles. The molecule has 0 aliphatic rings. The highest BCUT2D eigenvalue weighted by Crippen LogP contribution is 2.23. The minimum Gasteiger partial charge on any atom is -0.357 e. The maximum Gasteiger partial charge on any atom is 0.225 e. The third kappa shape index (κ3) is 4.32. The molecular weight excluding hydrogens is 310 g/mol. The summed E-state index contributed by atoms with van der Waals surface area (Å²) in [4.78, 5) is 15.8. The maximum absolute atomic E-state index is 4.70. The average molecular weight is 333 g/mol. The normalized spacial score (nSPS) is 10.5. The lowest BCUT2D eigenvalue weighted by Crippen LogP contribution is -2.23. The van der Waals surface area contributed by atoms with E-state index in [-0.39, 0.29) is 0 Å². The molecular formula is C20H23N5.